The molecule has 2 rings (SSSR count). The standard InChI is InChI=1S/C12H12N4O/c13-10-5-2-1-4-9(10)8-11(17)16-12-14-6-3-7-15-12/h1-7H,8,13H2,(H,14,15,16,17). The zero-order chi connectivity index (χ0) is 12.1. The number of nitrogens with zero attached hydrogens (tertiary/aromatic N) is 2. The molecular formula is C12H12N4O. The zero-order valence-corrected chi connectivity index (χ0v) is 9.13. The van der Waals surface area contributed by atoms with E-state index in [1.807, 2.05) is 18.2 Å². The second kappa shape index (κ2) is 5.07. The van der Waals surface area contributed by atoms with Crippen LogP contribution in [-0.4, -0.2) is 15.9 Å². The van der Waals surface area contributed by atoms with Gasteiger partial charge in [0.25, 0.3) is 0 Å². The van der Waals surface area contributed by atoms with Crippen LogP contribution in [0.1, 0.15) is 5.56 Å². The van der Waals surface area contributed by atoms with Crippen LogP contribution in [0.3, 0.4) is 0 Å². The van der Waals surface area contributed by atoms with Crippen molar-refractivity contribution < 1.29 is 4.79 Å². The second-order valence-electron chi connectivity index (χ2n) is 3.50. The third-order valence-electron chi connectivity index (χ3n) is 2.22. The van der Waals surface area contributed by atoms with E-state index in [1.165, 1.54) is 0 Å². The SMILES string of the molecule is Nc1ccccc1CC(=O)Nc1ncccn1. The van der Waals surface area contributed by atoms with Crippen LogP contribution in [0.25, 0.3) is 0 Å². The van der Waals surface area contributed by atoms with Gasteiger partial charge in [0, 0.05) is 18.1 Å². The number of benzene rings is 1. The van der Waals surface area contributed by atoms with Crippen LogP contribution in [0.5, 0.6) is 0 Å². The molecule has 3 N–H and O–H groups in total. The van der Waals surface area contributed by atoms with E-state index >= 15 is 0 Å². The molecule has 0 atom stereocenters. The van der Waals surface area contributed by atoms with Crippen molar-refractivity contribution in [3.8, 4) is 0 Å². The van der Waals surface area contributed by atoms with Crippen molar-refractivity contribution >= 4 is 17.5 Å². The Morgan fingerprint density at radius 1 is 1.18 bits per heavy atom. The topological polar surface area (TPSA) is 80.9 Å². The summed E-state index contributed by atoms with van der Waals surface area (Å²) in [5.74, 6) is 0.112. The van der Waals surface area contributed by atoms with Crippen LogP contribution in [0, 0.1) is 0 Å². The third-order valence-corrected chi connectivity index (χ3v) is 2.22. The molecule has 0 spiro atoms. The lowest BCUT2D eigenvalue weighted by Gasteiger charge is -2.05. The van der Waals surface area contributed by atoms with Crippen LogP contribution in [-0.2, 0) is 11.2 Å². The molecule has 0 aliphatic heterocycles. The van der Waals surface area contributed by atoms with Gasteiger partial charge in [-0.3, -0.25) is 10.1 Å². The quantitative estimate of drug-likeness (QED) is 0.774. The van der Waals surface area contributed by atoms with Gasteiger partial charge >= 0.3 is 0 Å². The molecule has 1 aromatic carbocycles. The Morgan fingerprint density at radius 2 is 1.88 bits per heavy atom. The molecule has 0 unspecified atom stereocenters. The number of nitrogens with one attached hydrogen (secondary N) is 1. The maximum Gasteiger partial charge on any atom is 0.231 e. The summed E-state index contributed by atoms with van der Waals surface area (Å²) >= 11 is 0. The Labute approximate surface area is 98.7 Å². The Bertz CT molecular complexity index is 513. The molecule has 2 aromatic rings. The minimum absolute atomic E-state index is 0.186. The number of hydrogen-bond donors (Lipinski definition) is 2. The van der Waals surface area contributed by atoms with Crippen molar-refractivity contribution in [2.45, 2.75) is 6.42 Å². The highest BCUT2D eigenvalue weighted by Gasteiger charge is 2.07. The molecule has 17 heavy (non-hydrogen) atoms. The zero-order valence-electron chi connectivity index (χ0n) is 9.13. The lowest BCUT2D eigenvalue weighted by molar-refractivity contribution is -0.115. The van der Waals surface area contributed by atoms with Gasteiger partial charge in [0.1, 0.15) is 0 Å². The molecule has 1 aromatic heterocycles. The number of carbonyl (C=O) groups is 1. The minimum atomic E-state index is -0.186. The predicted molar refractivity (Wildman–Crippen MR) is 65.2 cm³/mol. The Morgan fingerprint density at radius 3 is 2.59 bits per heavy atom. The number of aromatic nitrogens is 2. The van der Waals surface area contributed by atoms with E-state index in [0.717, 1.165) is 5.56 Å². The van der Waals surface area contributed by atoms with Crippen molar-refractivity contribution in [3.05, 3.63) is 48.3 Å². The summed E-state index contributed by atoms with van der Waals surface area (Å²) in [5, 5.41) is 2.60. The first-order valence-corrected chi connectivity index (χ1v) is 5.16. The highest BCUT2D eigenvalue weighted by atomic mass is 16.1. The molecule has 0 aliphatic rings. The van der Waals surface area contributed by atoms with Crippen LogP contribution >= 0.6 is 0 Å². The van der Waals surface area contributed by atoms with E-state index in [2.05, 4.69) is 15.3 Å². The fraction of sp³-hybridized carbons (Fsp3) is 0.0833. The average molecular weight is 228 g/mol. The fourth-order valence-corrected chi connectivity index (χ4v) is 1.40. The predicted octanol–water partition coefficient (Wildman–Crippen LogP) is 1.24. The Balaban J connectivity index is 2.01. The molecule has 1 amide bonds. The number of amides is 1. The molecule has 1 heterocycles. The van der Waals surface area contributed by atoms with Gasteiger partial charge in [-0.05, 0) is 17.7 Å². The number of rotatable bonds is 3. The van der Waals surface area contributed by atoms with Crippen LogP contribution in [0.4, 0.5) is 11.6 Å². The van der Waals surface area contributed by atoms with E-state index in [9.17, 15) is 4.79 Å². The molecule has 0 saturated heterocycles. The maximum atomic E-state index is 11.7. The summed E-state index contributed by atoms with van der Waals surface area (Å²) in [7, 11) is 0. The normalized spacial score (nSPS) is 9.88. The van der Waals surface area contributed by atoms with Gasteiger partial charge in [0.05, 0.1) is 6.42 Å². The summed E-state index contributed by atoms with van der Waals surface area (Å²) in [5.41, 5.74) is 7.15. The molecule has 0 saturated carbocycles. The average Bonchev–Trinajstić information content (AvgIpc) is 2.33. The molecule has 5 nitrogen and oxygen atoms in total. The smallest absolute Gasteiger partial charge is 0.231 e. The van der Waals surface area contributed by atoms with Gasteiger partial charge < -0.3 is 5.73 Å². The molecule has 0 radical (unpaired) electrons. The van der Waals surface area contributed by atoms with Gasteiger partial charge in [-0.2, -0.15) is 0 Å². The fourth-order valence-electron chi connectivity index (χ4n) is 1.40. The van der Waals surface area contributed by atoms with E-state index in [-0.39, 0.29) is 12.3 Å². The molecule has 86 valence electrons. The number of carbonyl (C=O) groups excluding carboxylic acids is 1. The van der Waals surface area contributed by atoms with E-state index < -0.39 is 0 Å². The first-order valence-electron chi connectivity index (χ1n) is 5.16. The number of anilines is 2. The first kappa shape index (κ1) is 11.1. The first-order chi connectivity index (χ1) is 8.25. The molecule has 5 heteroatoms. The monoisotopic (exact) mass is 228 g/mol. The van der Waals surface area contributed by atoms with Crippen LogP contribution < -0.4 is 11.1 Å². The summed E-state index contributed by atoms with van der Waals surface area (Å²) in [6, 6.07) is 8.95. The van der Waals surface area contributed by atoms with Crippen LogP contribution in [0.2, 0.25) is 0 Å². The van der Waals surface area contributed by atoms with Crippen LogP contribution in [0.15, 0.2) is 42.7 Å². The lowest BCUT2D eigenvalue weighted by Crippen LogP contribution is -2.16. The van der Waals surface area contributed by atoms with Crippen molar-refractivity contribution in [1.29, 1.82) is 0 Å². The number of nitrogens with two attached hydrogens (primary N) is 1. The maximum absolute atomic E-state index is 11.7. The molecule has 0 bridgehead atoms. The third kappa shape index (κ3) is 3.01. The number of nitrogen functional groups attached to an aromatic ring is 1. The Kier molecular flexibility index (Phi) is 3.30. The van der Waals surface area contributed by atoms with E-state index in [0.29, 0.717) is 11.6 Å². The highest BCUT2D eigenvalue weighted by Crippen LogP contribution is 2.11. The molecular weight excluding hydrogens is 216 g/mol. The summed E-state index contributed by atoms with van der Waals surface area (Å²) in [4.78, 5) is 19.5. The van der Waals surface area contributed by atoms with Crippen molar-refractivity contribution in [1.82, 2.24) is 9.97 Å². The second-order valence-corrected chi connectivity index (χ2v) is 3.50. The summed E-state index contributed by atoms with van der Waals surface area (Å²) < 4.78 is 0. The lowest BCUT2D eigenvalue weighted by atomic mass is 10.1. The van der Waals surface area contributed by atoms with Gasteiger partial charge in [-0.25, -0.2) is 9.97 Å². The number of para-hydroxylation sites is 1. The van der Waals surface area contributed by atoms with Gasteiger partial charge in [-0.1, -0.05) is 18.2 Å². The van der Waals surface area contributed by atoms with Crippen molar-refractivity contribution in [2.24, 2.45) is 0 Å². The molecule has 0 aliphatic carbocycles. The number of hydrogen-bond acceptors (Lipinski definition) is 4. The highest BCUT2D eigenvalue weighted by molar-refractivity contribution is 5.91. The van der Waals surface area contributed by atoms with Gasteiger partial charge in [0.2, 0.25) is 11.9 Å². The van der Waals surface area contributed by atoms with E-state index in [4.69, 9.17) is 5.73 Å². The van der Waals surface area contributed by atoms with Crippen molar-refractivity contribution in [3.63, 3.8) is 0 Å². The van der Waals surface area contributed by atoms with E-state index in [1.54, 1.807) is 24.5 Å². The molecule has 0 fully saturated rings. The Hall–Kier alpha value is -2.43. The summed E-state index contributed by atoms with van der Waals surface area (Å²) in [6.45, 7) is 0. The van der Waals surface area contributed by atoms with Gasteiger partial charge in [0.15, 0.2) is 0 Å². The van der Waals surface area contributed by atoms with Crippen molar-refractivity contribution in [2.75, 3.05) is 11.1 Å². The largest absolute Gasteiger partial charge is 0.398 e. The van der Waals surface area contributed by atoms with Gasteiger partial charge in [-0.15, -0.1) is 0 Å². The minimum Gasteiger partial charge on any atom is -0.398 e. The summed E-state index contributed by atoms with van der Waals surface area (Å²) in [6.07, 6.45) is 3.35.